The quantitative estimate of drug-likeness (QED) is 0.403. The molecule has 2 amide bonds. The molecule has 37 heavy (non-hydrogen) atoms. The number of pyridine rings is 1. The summed E-state index contributed by atoms with van der Waals surface area (Å²) >= 11 is 0. The molecule has 0 spiro atoms. The average molecular weight is 504 g/mol. The molecule has 1 aliphatic heterocycles. The van der Waals surface area contributed by atoms with Crippen molar-refractivity contribution in [3.63, 3.8) is 0 Å². The Kier molecular flexibility index (Phi) is 5.71. The maximum Gasteiger partial charge on any atom is 0.269 e. The van der Waals surface area contributed by atoms with Crippen LogP contribution in [0.15, 0.2) is 30.3 Å². The molecule has 1 saturated carbocycles. The molecule has 4 aromatic rings. The molecule has 192 valence electrons. The second-order valence-corrected chi connectivity index (χ2v) is 10.2. The van der Waals surface area contributed by atoms with Crippen LogP contribution in [0.25, 0.3) is 33.6 Å². The van der Waals surface area contributed by atoms with E-state index in [1.807, 2.05) is 25.2 Å². The number of carbonyl (C=O) groups is 2. The molecule has 1 atom stereocenters. The molecule has 1 aliphatic carbocycles. The minimum atomic E-state index is -0.679. The summed E-state index contributed by atoms with van der Waals surface area (Å²) in [7, 11) is 3.58. The van der Waals surface area contributed by atoms with E-state index < -0.39 is 12.7 Å². The van der Waals surface area contributed by atoms with Crippen LogP contribution in [-0.2, 0) is 20.0 Å². The third-order valence-electron chi connectivity index (χ3n) is 7.50. The number of rotatable bonds is 7. The molecule has 1 fully saturated rings. The zero-order valence-electron chi connectivity index (χ0n) is 21.0. The number of alkyl halides is 1. The van der Waals surface area contributed by atoms with Crippen LogP contribution in [0.1, 0.15) is 39.3 Å². The Morgan fingerprint density at radius 3 is 2.78 bits per heavy atom. The normalized spacial score (nSPS) is 16.4. The summed E-state index contributed by atoms with van der Waals surface area (Å²) in [6, 6.07) is 8.95. The average Bonchev–Trinajstić information content (AvgIpc) is 3.59. The van der Waals surface area contributed by atoms with E-state index >= 15 is 0 Å². The highest BCUT2D eigenvalue weighted by Crippen LogP contribution is 2.36. The van der Waals surface area contributed by atoms with Gasteiger partial charge in [0.15, 0.2) is 5.82 Å². The minimum absolute atomic E-state index is 0.131. The van der Waals surface area contributed by atoms with Crippen molar-refractivity contribution in [3.05, 3.63) is 47.2 Å². The number of hydrogen-bond acceptors (Lipinski definition) is 5. The van der Waals surface area contributed by atoms with Crippen molar-refractivity contribution < 1.29 is 14.0 Å². The van der Waals surface area contributed by atoms with E-state index in [-0.39, 0.29) is 18.4 Å². The molecule has 10 heteroatoms. The molecule has 4 heterocycles. The first-order valence-electron chi connectivity index (χ1n) is 12.7. The second kappa shape index (κ2) is 8.95. The molecule has 3 aromatic heterocycles. The molecular weight excluding hydrogens is 473 g/mol. The van der Waals surface area contributed by atoms with Gasteiger partial charge in [0, 0.05) is 44.7 Å². The number of benzene rings is 1. The van der Waals surface area contributed by atoms with Crippen molar-refractivity contribution in [3.8, 4) is 11.5 Å². The first-order chi connectivity index (χ1) is 17.9. The third kappa shape index (κ3) is 4.05. The molecular formula is C27H30FN7O2. The van der Waals surface area contributed by atoms with E-state index in [0.717, 1.165) is 45.7 Å². The number of aromatic nitrogens is 4. The maximum absolute atomic E-state index is 13.2. The molecule has 6 rings (SSSR count). The predicted molar refractivity (Wildman–Crippen MR) is 139 cm³/mol. The fourth-order valence-corrected chi connectivity index (χ4v) is 5.26. The maximum atomic E-state index is 13.2. The Hall–Kier alpha value is -3.79. The Bertz CT molecular complexity index is 1550. The van der Waals surface area contributed by atoms with Crippen LogP contribution in [0.4, 0.5) is 4.39 Å². The lowest BCUT2D eigenvalue weighted by atomic mass is 9.97. The number of nitrogens with zero attached hydrogens (tertiary/aromatic N) is 5. The van der Waals surface area contributed by atoms with Crippen molar-refractivity contribution in [1.82, 2.24) is 29.3 Å². The molecule has 1 aromatic carbocycles. The van der Waals surface area contributed by atoms with E-state index in [0.29, 0.717) is 30.1 Å². The number of nitrogens with two attached hydrogens (primary N) is 1. The molecule has 1 unspecified atom stereocenters. The van der Waals surface area contributed by atoms with E-state index in [1.54, 1.807) is 18.0 Å². The van der Waals surface area contributed by atoms with Gasteiger partial charge in [-0.2, -0.15) is 0 Å². The van der Waals surface area contributed by atoms with Crippen LogP contribution in [0.5, 0.6) is 0 Å². The van der Waals surface area contributed by atoms with Gasteiger partial charge in [-0.05, 0) is 61.1 Å². The van der Waals surface area contributed by atoms with Crippen molar-refractivity contribution >= 4 is 33.9 Å². The van der Waals surface area contributed by atoms with Crippen LogP contribution < -0.4 is 11.1 Å². The third-order valence-corrected chi connectivity index (χ3v) is 7.50. The van der Waals surface area contributed by atoms with Crippen LogP contribution >= 0.6 is 0 Å². The van der Waals surface area contributed by atoms with Gasteiger partial charge in [-0.3, -0.25) is 9.59 Å². The van der Waals surface area contributed by atoms with Gasteiger partial charge in [-0.25, -0.2) is 14.4 Å². The Morgan fingerprint density at radius 1 is 1.24 bits per heavy atom. The summed E-state index contributed by atoms with van der Waals surface area (Å²) in [5.74, 6) is 1.01. The number of imidazole rings is 1. The molecule has 9 nitrogen and oxygen atoms in total. The van der Waals surface area contributed by atoms with Gasteiger partial charge in [0.1, 0.15) is 18.0 Å². The topological polar surface area (TPSA) is 111 Å². The highest BCUT2D eigenvalue weighted by Gasteiger charge is 2.29. The van der Waals surface area contributed by atoms with Crippen molar-refractivity contribution in [2.24, 2.45) is 18.7 Å². The van der Waals surface area contributed by atoms with Crippen molar-refractivity contribution in [2.75, 3.05) is 26.8 Å². The molecule has 3 N–H and O–H groups in total. The van der Waals surface area contributed by atoms with Gasteiger partial charge in [0.05, 0.1) is 22.8 Å². The summed E-state index contributed by atoms with van der Waals surface area (Å²) in [5.41, 5.74) is 11.1. The van der Waals surface area contributed by atoms with Gasteiger partial charge in [-0.1, -0.05) is 0 Å². The van der Waals surface area contributed by atoms with Crippen LogP contribution in [0.2, 0.25) is 0 Å². The Labute approximate surface area is 213 Å². The lowest BCUT2D eigenvalue weighted by molar-refractivity contribution is 0.0725. The van der Waals surface area contributed by atoms with Crippen LogP contribution in [0, 0.1) is 5.92 Å². The SMILES string of the molecule is CNC(=O)c1ccc2cc(-c3nc4cc5c(cc4n3C)CCN(CC(N)CF)C5=O)n(CC3CC3)c2n1. The molecule has 0 radical (unpaired) electrons. The standard InChI is InChI=1S/C27H30FN7O2/c1-30-26(36)20-6-5-17-10-23(35(24(17)31-20)13-15-3-4-15)25-32-21-11-19-16(9-22(21)33(25)2)7-8-34(27(19)37)14-18(29)12-28/h5-6,9-11,15,18H,3-4,7-8,12-14,29H2,1-2H3,(H,30,36). The monoisotopic (exact) mass is 503 g/mol. The number of hydrogen-bond donors (Lipinski definition) is 2. The molecule has 2 aliphatic rings. The number of aryl methyl sites for hydroxylation is 1. The first-order valence-corrected chi connectivity index (χ1v) is 12.7. The summed E-state index contributed by atoms with van der Waals surface area (Å²) < 4.78 is 17.2. The highest BCUT2D eigenvalue weighted by molar-refractivity contribution is 6.01. The van der Waals surface area contributed by atoms with Gasteiger partial charge < -0.3 is 25.1 Å². The Morgan fingerprint density at radius 2 is 2.05 bits per heavy atom. The van der Waals surface area contributed by atoms with Gasteiger partial charge in [-0.15, -0.1) is 0 Å². The van der Waals surface area contributed by atoms with Crippen LogP contribution in [0.3, 0.4) is 0 Å². The zero-order valence-corrected chi connectivity index (χ0v) is 21.0. The summed E-state index contributed by atoms with van der Waals surface area (Å²) in [6.07, 6.45) is 3.03. The van der Waals surface area contributed by atoms with Gasteiger partial charge >= 0.3 is 0 Å². The summed E-state index contributed by atoms with van der Waals surface area (Å²) in [6.45, 7) is 0.871. The van der Waals surface area contributed by atoms with E-state index in [1.165, 1.54) is 12.8 Å². The highest BCUT2D eigenvalue weighted by atomic mass is 19.1. The van der Waals surface area contributed by atoms with E-state index in [9.17, 15) is 14.0 Å². The zero-order chi connectivity index (χ0) is 25.8. The van der Waals surface area contributed by atoms with Crippen LogP contribution in [-0.4, -0.2) is 68.7 Å². The molecule has 0 bridgehead atoms. The van der Waals surface area contributed by atoms with Gasteiger partial charge in [0.25, 0.3) is 11.8 Å². The Balaban J connectivity index is 1.45. The predicted octanol–water partition coefficient (Wildman–Crippen LogP) is 2.65. The molecule has 0 saturated heterocycles. The van der Waals surface area contributed by atoms with E-state index in [2.05, 4.69) is 20.5 Å². The fraction of sp³-hybridized carbons (Fsp3) is 0.407. The smallest absolute Gasteiger partial charge is 0.269 e. The number of carbonyl (C=O) groups excluding carboxylic acids is 2. The lowest BCUT2D eigenvalue weighted by Crippen LogP contribution is -2.45. The minimum Gasteiger partial charge on any atom is -0.354 e. The number of nitrogens with one attached hydrogen (secondary N) is 1. The number of fused-ring (bicyclic) bond motifs is 3. The second-order valence-electron chi connectivity index (χ2n) is 10.2. The number of halogens is 1. The van der Waals surface area contributed by atoms with Crippen molar-refractivity contribution in [2.45, 2.75) is 31.8 Å². The first kappa shape index (κ1) is 23.6. The summed E-state index contributed by atoms with van der Waals surface area (Å²) in [4.78, 5) is 36.7. The van der Waals surface area contributed by atoms with Gasteiger partial charge in [0.2, 0.25) is 0 Å². The van der Waals surface area contributed by atoms with E-state index in [4.69, 9.17) is 15.7 Å². The van der Waals surface area contributed by atoms with Crippen molar-refractivity contribution in [1.29, 1.82) is 0 Å². The summed E-state index contributed by atoms with van der Waals surface area (Å²) in [5, 5.41) is 3.60. The number of amides is 2. The lowest BCUT2D eigenvalue weighted by Gasteiger charge is -2.30. The largest absolute Gasteiger partial charge is 0.354 e. The fourth-order valence-electron chi connectivity index (χ4n) is 5.26.